The maximum absolute atomic E-state index is 5.34. The Hall–Kier alpha value is -2.05. The van der Waals surface area contributed by atoms with Crippen LogP contribution in [-0.2, 0) is 13.1 Å². The van der Waals surface area contributed by atoms with E-state index in [4.69, 9.17) is 4.52 Å². The molecule has 0 saturated heterocycles. The molecule has 0 N–H and O–H groups in total. The van der Waals surface area contributed by atoms with Gasteiger partial charge in [0.1, 0.15) is 0 Å². The summed E-state index contributed by atoms with van der Waals surface area (Å²) < 4.78 is 5.34. The zero-order valence-electron chi connectivity index (χ0n) is 12.9. The molecule has 114 valence electrons. The molecule has 3 aromatic rings. The number of thiazole rings is 1. The van der Waals surface area contributed by atoms with Crippen molar-refractivity contribution < 1.29 is 4.52 Å². The molecule has 0 unspecified atom stereocenters. The topological polar surface area (TPSA) is 55.1 Å². The van der Waals surface area contributed by atoms with Gasteiger partial charge in [-0.3, -0.25) is 4.90 Å². The van der Waals surface area contributed by atoms with Crippen molar-refractivity contribution in [2.45, 2.75) is 26.9 Å². The van der Waals surface area contributed by atoms with Crippen molar-refractivity contribution in [3.63, 3.8) is 0 Å². The van der Waals surface area contributed by atoms with Crippen molar-refractivity contribution >= 4 is 11.3 Å². The number of rotatable bonds is 5. The normalized spacial score (nSPS) is 11.3. The molecular weight excluding hydrogens is 296 g/mol. The van der Waals surface area contributed by atoms with E-state index in [2.05, 4.69) is 32.3 Å². The van der Waals surface area contributed by atoms with Gasteiger partial charge in [-0.25, -0.2) is 4.98 Å². The summed E-state index contributed by atoms with van der Waals surface area (Å²) in [6.07, 6.45) is 0. The molecule has 0 spiro atoms. The van der Waals surface area contributed by atoms with Crippen LogP contribution in [0.2, 0.25) is 0 Å². The van der Waals surface area contributed by atoms with Gasteiger partial charge in [-0.2, -0.15) is 4.98 Å². The number of aromatic nitrogens is 3. The molecule has 1 aromatic carbocycles. The largest absolute Gasteiger partial charge is 0.338 e. The van der Waals surface area contributed by atoms with E-state index >= 15 is 0 Å². The minimum Gasteiger partial charge on any atom is -0.338 e. The Morgan fingerprint density at radius 3 is 2.55 bits per heavy atom. The second-order valence-electron chi connectivity index (χ2n) is 5.41. The second-order valence-corrected chi connectivity index (χ2v) is 6.47. The highest BCUT2D eigenvalue weighted by Gasteiger charge is 2.11. The Morgan fingerprint density at radius 1 is 1.09 bits per heavy atom. The summed E-state index contributed by atoms with van der Waals surface area (Å²) in [7, 11) is 2.02. The molecule has 0 aliphatic rings. The van der Waals surface area contributed by atoms with Crippen LogP contribution in [0.15, 0.2) is 34.2 Å². The Bertz CT molecular complexity index is 748. The summed E-state index contributed by atoms with van der Waals surface area (Å²) >= 11 is 1.67. The van der Waals surface area contributed by atoms with E-state index in [1.54, 1.807) is 11.3 Å². The second kappa shape index (κ2) is 6.37. The SMILES string of the molecule is Cc1ccc(-c2noc(CN(C)Cc3csc(C)n3)n2)cc1. The quantitative estimate of drug-likeness (QED) is 0.722. The molecule has 2 heterocycles. The summed E-state index contributed by atoms with van der Waals surface area (Å²) in [5, 5.41) is 7.22. The number of hydrogen-bond donors (Lipinski definition) is 0. The van der Waals surface area contributed by atoms with Crippen molar-refractivity contribution in [2.75, 3.05) is 7.05 Å². The molecule has 3 rings (SSSR count). The first kappa shape index (κ1) is 14.9. The van der Waals surface area contributed by atoms with Crippen molar-refractivity contribution in [3.8, 4) is 11.4 Å². The van der Waals surface area contributed by atoms with Gasteiger partial charge in [-0.05, 0) is 20.9 Å². The lowest BCUT2D eigenvalue weighted by molar-refractivity contribution is 0.259. The molecule has 0 atom stereocenters. The fraction of sp³-hybridized carbons (Fsp3) is 0.312. The standard InChI is InChI=1S/C16H18N4OS/c1-11-4-6-13(7-5-11)16-18-15(21-19-16)9-20(3)8-14-10-22-12(2)17-14/h4-7,10H,8-9H2,1-3H3. The predicted molar refractivity (Wildman–Crippen MR) is 86.5 cm³/mol. The third kappa shape index (κ3) is 3.58. The summed E-state index contributed by atoms with van der Waals surface area (Å²) in [6.45, 7) is 5.45. The molecule has 5 nitrogen and oxygen atoms in total. The van der Waals surface area contributed by atoms with Gasteiger partial charge >= 0.3 is 0 Å². The van der Waals surface area contributed by atoms with Crippen LogP contribution in [0.4, 0.5) is 0 Å². The van der Waals surface area contributed by atoms with E-state index in [-0.39, 0.29) is 0 Å². The van der Waals surface area contributed by atoms with Gasteiger partial charge in [0, 0.05) is 17.5 Å². The average molecular weight is 314 g/mol. The van der Waals surface area contributed by atoms with Crippen LogP contribution in [0, 0.1) is 13.8 Å². The van der Waals surface area contributed by atoms with Crippen LogP contribution in [0.1, 0.15) is 22.2 Å². The Balaban J connectivity index is 1.65. The van der Waals surface area contributed by atoms with Gasteiger partial charge < -0.3 is 4.52 Å². The highest BCUT2D eigenvalue weighted by molar-refractivity contribution is 7.09. The van der Waals surface area contributed by atoms with Gasteiger partial charge in [0.15, 0.2) is 0 Å². The lowest BCUT2D eigenvalue weighted by atomic mass is 10.1. The lowest BCUT2D eigenvalue weighted by Gasteiger charge is -2.11. The van der Waals surface area contributed by atoms with E-state index in [1.807, 2.05) is 38.2 Å². The first-order chi connectivity index (χ1) is 10.6. The van der Waals surface area contributed by atoms with E-state index in [1.165, 1.54) is 5.56 Å². The lowest BCUT2D eigenvalue weighted by Crippen LogP contribution is -2.17. The van der Waals surface area contributed by atoms with Crippen LogP contribution in [0.5, 0.6) is 0 Å². The number of benzene rings is 1. The summed E-state index contributed by atoms with van der Waals surface area (Å²) in [5.41, 5.74) is 3.26. The molecule has 0 aliphatic heterocycles. The van der Waals surface area contributed by atoms with Gasteiger partial charge in [-0.1, -0.05) is 35.0 Å². The first-order valence-corrected chi connectivity index (χ1v) is 7.97. The molecule has 22 heavy (non-hydrogen) atoms. The summed E-state index contributed by atoms with van der Waals surface area (Å²) in [4.78, 5) is 11.0. The molecule has 0 radical (unpaired) electrons. The van der Waals surface area contributed by atoms with Crippen molar-refractivity contribution in [2.24, 2.45) is 0 Å². The van der Waals surface area contributed by atoms with Gasteiger partial charge in [0.2, 0.25) is 11.7 Å². The molecule has 0 amide bonds. The summed E-state index contributed by atoms with van der Waals surface area (Å²) in [5.74, 6) is 1.25. The average Bonchev–Trinajstić information content (AvgIpc) is 3.09. The predicted octanol–water partition coefficient (Wildman–Crippen LogP) is 3.44. The fourth-order valence-electron chi connectivity index (χ4n) is 2.18. The number of nitrogens with zero attached hydrogens (tertiary/aromatic N) is 4. The van der Waals surface area contributed by atoms with Gasteiger partial charge in [-0.15, -0.1) is 11.3 Å². The van der Waals surface area contributed by atoms with Crippen LogP contribution >= 0.6 is 11.3 Å². The third-order valence-electron chi connectivity index (χ3n) is 3.28. The zero-order valence-corrected chi connectivity index (χ0v) is 13.7. The summed E-state index contributed by atoms with van der Waals surface area (Å²) in [6, 6.07) is 8.10. The zero-order chi connectivity index (χ0) is 15.5. The molecule has 0 saturated carbocycles. The van der Waals surface area contributed by atoms with E-state index in [9.17, 15) is 0 Å². The Kier molecular flexibility index (Phi) is 4.31. The highest BCUT2D eigenvalue weighted by atomic mass is 32.1. The third-order valence-corrected chi connectivity index (χ3v) is 4.10. The minimum absolute atomic E-state index is 0.607. The van der Waals surface area contributed by atoms with E-state index < -0.39 is 0 Å². The molecule has 0 fully saturated rings. The van der Waals surface area contributed by atoms with E-state index in [0.29, 0.717) is 18.3 Å². The minimum atomic E-state index is 0.607. The molecule has 0 aliphatic carbocycles. The van der Waals surface area contributed by atoms with Crippen molar-refractivity contribution in [1.82, 2.24) is 20.0 Å². The maximum atomic E-state index is 5.34. The Morgan fingerprint density at radius 2 is 1.86 bits per heavy atom. The van der Waals surface area contributed by atoms with Crippen LogP contribution in [0.3, 0.4) is 0 Å². The number of hydrogen-bond acceptors (Lipinski definition) is 6. The molecule has 0 bridgehead atoms. The number of aryl methyl sites for hydroxylation is 2. The van der Waals surface area contributed by atoms with Crippen LogP contribution in [-0.4, -0.2) is 27.1 Å². The van der Waals surface area contributed by atoms with E-state index in [0.717, 1.165) is 22.8 Å². The highest BCUT2D eigenvalue weighted by Crippen LogP contribution is 2.17. The Labute approximate surface area is 133 Å². The maximum Gasteiger partial charge on any atom is 0.241 e. The van der Waals surface area contributed by atoms with Gasteiger partial charge in [0.25, 0.3) is 0 Å². The van der Waals surface area contributed by atoms with Crippen molar-refractivity contribution in [3.05, 3.63) is 51.8 Å². The smallest absolute Gasteiger partial charge is 0.241 e. The fourth-order valence-corrected chi connectivity index (χ4v) is 2.79. The molecule has 2 aromatic heterocycles. The molecular formula is C16H18N4OS. The monoisotopic (exact) mass is 314 g/mol. The van der Waals surface area contributed by atoms with Crippen molar-refractivity contribution in [1.29, 1.82) is 0 Å². The van der Waals surface area contributed by atoms with Crippen LogP contribution in [0.25, 0.3) is 11.4 Å². The molecule has 6 heteroatoms. The first-order valence-electron chi connectivity index (χ1n) is 7.09. The van der Waals surface area contributed by atoms with Gasteiger partial charge in [0.05, 0.1) is 17.2 Å². The van der Waals surface area contributed by atoms with Crippen LogP contribution < -0.4 is 0 Å².